The van der Waals surface area contributed by atoms with E-state index in [4.69, 9.17) is 0 Å². The number of fused-ring (bicyclic) bond motifs is 1. The number of piperazine rings is 1. The van der Waals surface area contributed by atoms with Crippen molar-refractivity contribution in [2.75, 3.05) is 32.7 Å². The fraction of sp³-hybridized carbons (Fsp3) is 0.556. The zero-order chi connectivity index (χ0) is 18.1. The molecule has 0 bridgehead atoms. The van der Waals surface area contributed by atoms with Crippen LogP contribution in [0.5, 0.6) is 0 Å². The summed E-state index contributed by atoms with van der Waals surface area (Å²) in [6.45, 7) is 4.38. The maximum absolute atomic E-state index is 12.5. The molecule has 138 valence electrons. The number of hydrogen-bond acceptors (Lipinski definition) is 5. The van der Waals surface area contributed by atoms with Crippen LogP contribution in [0.3, 0.4) is 0 Å². The van der Waals surface area contributed by atoms with Gasteiger partial charge in [0.2, 0.25) is 0 Å². The van der Waals surface area contributed by atoms with Crippen molar-refractivity contribution < 1.29 is 4.79 Å². The van der Waals surface area contributed by atoms with Crippen LogP contribution in [0.25, 0.3) is 0 Å². The van der Waals surface area contributed by atoms with E-state index in [0.29, 0.717) is 25.3 Å². The fourth-order valence-electron chi connectivity index (χ4n) is 3.76. The van der Waals surface area contributed by atoms with Crippen molar-refractivity contribution >= 4 is 5.91 Å². The molecule has 0 saturated carbocycles. The molecule has 0 N–H and O–H groups in total. The molecule has 3 heterocycles. The quantitative estimate of drug-likeness (QED) is 0.766. The topological polar surface area (TPSA) is 76.3 Å². The average molecular weight is 356 g/mol. The maximum atomic E-state index is 12.5. The molecule has 2 aromatic rings. The van der Waals surface area contributed by atoms with Crippen LogP contribution in [0.15, 0.2) is 23.1 Å². The van der Waals surface area contributed by atoms with Crippen LogP contribution in [0, 0.1) is 0 Å². The monoisotopic (exact) mass is 356 g/mol. The van der Waals surface area contributed by atoms with Crippen molar-refractivity contribution in [3.63, 3.8) is 0 Å². The second-order valence-electron chi connectivity index (χ2n) is 7.01. The molecule has 0 unspecified atom stereocenters. The molecule has 0 radical (unpaired) electrons. The number of aromatic nitrogens is 4. The lowest BCUT2D eigenvalue weighted by molar-refractivity contribution is 0.0620. The minimum Gasteiger partial charge on any atom is -0.335 e. The SMILES string of the molecule is Cn1nccc1C(=O)N1CCN(CCn2nc3c(cc2=O)CCC3)CC1. The van der Waals surface area contributed by atoms with Crippen molar-refractivity contribution in [2.45, 2.75) is 25.8 Å². The Labute approximate surface area is 152 Å². The van der Waals surface area contributed by atoms with Crippen LogP contribution in [0.1, 0.15) is 28.2 Å². The first-order valence-corrected chi connectivity index (χ1v) is 9.21. The van der Waals surface area contributed by atoms with Crippen LogP contribution in [-0.2, 0) is 26.4 Å². The van der Waals surface area contributed by atoms with E-state index in [1.807, 2.05) is 4.90 Å². The normalized spacial score (nSPS) is 17.5. The van der Waals surface area contributed by atoms with Gasteiger partial charge in [0.15, 0.2) is 0 Å². The van der Waals surface area contributed by atoms with E-state index < -0.39 is 0 Å². The molecule has 26 heavy (non-hydrogen) atoms. The Balaban J connectivity index is 1.31. The van der Waals surface area contributed by atoms with Crippen LogP contribution in [0.2, 0.25) is 0 Å². The molecular formula is C18H24N6O2. The standard InChI is InChI=1S/C18H24N6O2/c1-21-16(5-6-19-21)18(26)23-10-7-22(8-11-23)9-12-24-17(25)13-14-3-2-4-15(14)20-24/h5-6,13H,2-4,7-12H2,1H3. The average Bonchev–Trinajstić information content (AvgIpc) is 3.28. The Morgan fingerprint density at radius 1 is 1.15 bits per heavy atom. The number of carbonyl (C=O) groups is 1. The molecule has 0 spiro atoms. The molecule has 1 aliphatic carbocycles. The van der Waals surface area contributed by atoms with Crippen molar-refractivity contribution in [3.05, 3.63) is 45.6 Å². The number of nitrogens with zero attached hydrogens (tertiary/aromatic N) is 6. The molecule has 1 aliphatic heterocycles. The number of hydrogen-bond donors (Lipinski definition) is 0. The van der Waals surface area contributed by atoms with Gasteiger partial charge in [0, 0.05) is 52.0 Å². The third-order valence-electron chi connectivity index (χ3n) is 5.35. The van der Waals surface area contributed by atoms with Crippen molar-refractivity contribution in [2.24, 2.45) is 7.05 Å². The summed E-state index contributed by atoms with van der Waals surface area (Å²) < 4.78 is 3.21. The minimum atomic E-state index is -0.00401. The van der Waals surface area contributed by atoms with Gasteiger partial charge in [-0.25, -0.2) is 4.68 Å². The second-order valence-corrected chi connectivity index (χ2v) is 7.01. The largest absolute Gasteiger partial charge is 0.335 e. The first-order valence-electron chi connectivity index (χ1n) is 9.21. The highest BCUT2D eigenvalue weighted by Crippen LogP contribution is 2.17. The fourth-order valence-corrected chi connectivity index (χ4v) is 3.76. The lowest BCUT2D eigenvalue weighted by Gasteiger charge is -2.34. The Hall–Kier alpha value is -2.48. The maximum Gasteiger partial charge on any atom is 0.272 e. The Morgan fingerprint density at radius 3 is 2.69 bits per heavy atom. The van der Waals surface area contributed by atoms with E-state index in [1.165, 1.54) is 0 Å². The molecule has 1 saturated heterocycles. The predicted octanol–water partition coefficient (Wildman–Crippen LogP) is -0.0765. The molecular weight excluding hydrogens is 332 g/mol. The molecule has 1 fully saturated rings. The minimum absolute atomic E-state index is 0.00401. The van der Waals surface area contributed by atoms with Gasteiger partial charge in [0.05, 0.1) is 12.2 Å². The summed E-state index contributed by atoms with van der Waals surface area (Å²) in [4.78, 5) is 28.8. The zero-order valence-electron chi connectivity index (χ0n) is 15.1. The van der Waals surface area contributed by atoms with Gasteiger partial charge in [0.1, 0.15) is 5.69 Å². The lowest BCUT2D eigenvalue weighted by Crippen LogP contribution is -2.50. The number of amides is 1. The third-order valence-corrected chi connectivity index (χ3v) is 5.35. The summed E-state index contributed by atoms with van der Waals surface area (Å²) in [6, 6.07) is 3.50. The van der Waals surface area contributed by atoms with E-state index in [1.54, 1.807) is 34.7 Å². The smallest absolute Gasteiger partial charge is 0.272 e. The van der Waals surface area contributed by atoms with Crippen LogP contribution < -0.4 is 5.56 Å². The predicted molar refractivity (Wildman–Crippen MR) is 96.1 cm³/mol. The number of carbonyl (C=O) groups excluding carboxylic acids is 1. The summed E-state index contributed by atoms with van der Waals surface area (Å²) in [5, 5.41) is 8.59. The zero-order valence-corrected chi connectivity index (χ0v) is 15.1. The van der Waals surface area contributed by atoms with Crippen LogP contribution in [-0.4, -0.2) is 68.0 Å². The molecule has 0 atom stereocenters. The Bertz CT molecular complexity index is 863. The highest BCUT2D eigenvalue weighted by molar-refractivity contribution is 5.92. The first kappa shape index (κ1) is 17.0. The summed E-state index contributed by atoms with van der Waals surface area (Å²) in [6.07, 6.45) is 4.69. The molecule has 2 aliphatic rings. The summed E-state index contributed by atoms with van der Waals surface area (Å²) >= 11 is 0. The van der Waals surface area contributed by atoms with Gasteiger partial charge in [-0.05, 0) is 30.9 Å². The van der Waals surface area contributed by atoms with Crippen LogP contribution in [0.4, 0.5) is 0 Å². The van der Waals surface area contributed by atoms with Crippen molar-refractivity contribution in [3.8, 4) is 0 Å². The molecule has 8 heteroatoms. The van der Waals surface area contributed by atoms with Gasteiger partial charge in [-0.1, -0.05) is 0 Å². The summed E-state index contributed by atoms with van der Waals surface area (Å²) in [7, 11) is 1.78. The van der Waals surface area contributed by atoms with Crippen molar-refractivity contribution in [1.82, 2.24) is 29.4 Å². The highest BCUT2D eigenvalue weighted by atomic mass is 16.2. The first-order chi connectivity index (χ1) is 12.6. The van der Waals surface area contributed by atoms with Gasteiger partial charge in [-0.15, -0.1) is 0 Å². The number of rotatable bonds is 4. The van der Waals surface area contributed by atoms with Crippen LogP contribution >= 0.6 is 0 Å². The van der Waals surface area contributed by atoms with Gasteiger partial charge in [-0.3, -0.25) is 19.2 Å². The Morgan fingerprint density at radius 2 is 1.96 bits per heavy atom. The Kier molecular flexibility index (Phi) is 4.58. The number of aryl methyl sites for hydroxylation is 3. The van der Waals surface area contributed by atoms with E-state index in [2.05, 4.69) is 15.1 Å². The molecule has 8 nitrogen and oxygen atoms in total. The van der Waals surface area contributed by atoms with Gasteiger partial charge in [0.25, 0.3) is 11.5 Å². The highest BCUT2D eigenvalue weighted by Gasteiger charge is 2.24. The van der Waals surface area contributed by atoms with E-state index in [9.17, 15) is 9.59 Å². The van der Waals surface area contributed by atoms with Gasteiger partial charge < -0.3 is 4.90 Å². The molecule has 0 aromatic carbocycles. The van der Waals surface area contributed by atoms with Gasteiger partial charge in [-0.2, -0.15) is 10.2 Å². The van der Waals surface area contributed by atoms with Crippen molar-refractivity contribution in [1.29, 1.82) is 0 Å². The van der Waals surface area contributed by atoms with Gasteiger partial charge >= 0.3 is 0 Å². The second kappa shape index (κ2) is 7.03. The molecule has 1 amide bonds. The molecule has 4 rings (SSSR count). The summed E-state index contributed by atoms with van der Waals surface area (Å²) in [5.74, 6) is 0.0289. The third kappa shape index (κ3) is 3.29. The van der Waals surface area contributed by atoms with E-state index in [-0.39, 0.29) is 11.5 Å². The molecule has 2 aromatic heterocycles. The lowest BCUT2D eigenvalue weighted by atomic mass is 10.2. The van der Waals surface area contributed by atoms with E-state index >= 15 is 0 Å². The van der Waals surface area contributed by atoms with E-state index in [0.717, 1.165) is 50.2 Å². The summed E-state index contributed by atoms with van der Waals surface area (Å²) in [5.41, 5.74) is 2.81.